The van der Waals surface area contributed by atoms with Crippen molar-refractivity contribution in [2.75, 3.05) is 85.6 Å². The first-order valence-corrected chi connectivity index (χ1v) is 27.5. The second-order valence-corrected chi connectivity index (χ2v) is 20.3. The number of rotatable bonds is 49. The predicted molar refractivity (Wildman–Crippen MR) is 282 cm³/mol. The molecular weight excluding hydrogens is 977 g/mol. The summed E-state index contributed by atoms with van der Waals surface area (Å²) >= 11 is 0. The van der Waals surface area contributed by atoms with Crippen LogP contribution in [0.25, 0.3) is 0 Å². The molecule has 0 saturated carbocycles. The van der Waals surface area contributed by atoms with E-state index in [1.165, 1.54) is 44.9 Å². The van der Waals surface area contributed by atoms with E-state index in [0.29, 0.717) is 58.6 Å². The lowest BCUT2D eigenvalue weighted by Gasteiger charge is -2.24. The van der Waals surface area contributed by atoms with Gasteiger partial charge in [-0.15, -0.1) is 0 Å². The summed E-state index contributed by atoms with van der Waals surface area (Å²) in [6.07, 6.45) is 17.3. The summed E-state index contributed by atoms with van der Waals surface area (Å²) in [5.41, 5.74) is 0.769. The van der Waals surface area contributed by atoms with Gasteiger partial charge in [-0.3, -0.25) is 33.6 Å². The third-order valence-corrected chi connectivity index (χ3v) is 10.8. The molecule has 436 valence electrons. The first kappa shape index (κ1) is 70.4. The lowest BCUT2D eigenvalue weighted by molar-refractivity contribution is -0.159. The fraction of sp³-hybridized carbons (Fsp3) is 0.849. The lowest BCUT2D eigenvalue weighted by Crippen LogP contribution is -2.44. The van der Waals surface area contributed by atoms with E-state index in [4.69, 9.17) is 38.4 Å². The summed E-state index contributed by atoms with van der Waals surface area (Å²) in [6, 6.07) is -0.752. The van der Waals surface area contributed by atoms with Crippen LogP contribution >= 0.6 is 0 Å². The van der Waals surface area contributed by atoms with Crippen LogP contribution in [0.3, 0.4) is 0 Å². The van der Waals surface area contributed by atoms with Gasteiger partial charge in [0, 0.05) is 64.7 Å². The van der Waals surface area contributed by atoms with Crippen molar-refractivity contribution >= 4 is 47.6 Å². The van der Waals surface area contributed by atoms with Gasteiger partial charge in [0.25, 0.3) is 0 Å². The summed E-state index contributed by atoms with van der Waals surface area (Å²) in [5.74, 6) is -2.30. The monoisotopic (exact) mass is 1070 g/mol. The molecule has 0 heterocycles. The van der Waals surface area contributed by atoms with E-state index >= 15 is 0 Å². The van der Waals surface area contributed by atoms with Crippen LogP contribution in [-0.4, -0.2) is 156 Å². The zero-order chi connectivity index (χ0) is 55.8. The molecule has 0 rings (SSSR count). The number of hydrogen-bond donors (Lipinski definition) is 7. The Morgan fingerprint density at radius 1 is 0.387 bits per heavy atom. The second-order valence-electron chi connectivity index (χ2n) is 20.3. The van der Waals surface area contributed by atoms with E-state index in [2.05, 4.69) is 32.1 Å². The highest BCUT2D eigenvalue weighted by molar-refractivity contribution is 5.85. The van der Waals surface area contributed by atoms with Crippen molar-refractivity contribution < 1.29 is 76.7 Å². The van der Waals surface area contributed by atoms with Crippen molar-refractivity contribution in [2.45, 2.75) is 206 Å². The average molecular weight is 1080 g/mol. The molecule has 22 heteroatoms. The molecule has 0 bridgehead atoms. The van der Waals surface area contributed by atoms with E-state index in [1.54, 1.807) is 41.5 Å². The fourth-order valence-electron chi connectivity index (χ4n) is 7.00. The Morgan fingerprint density at radius 3 is 1.21 bits per heavy atom. The van der Waals surface area contributed by atoms with Gasteiger partial charge in [0.2, 0.25) is 29.5 Å². The third-order valence-electron chi connectivity index (χ3n) is 10.8. The normalized spacial score (nSPS) is 11.8. The minimum Gasteiger partial charge on any atom is -0.481 e. The lowest BCUT2D eigenvalue weighted by atomic mass is 10.0. The maximum absolute atomic E-state index is 12.9. The van der Waals surface area contributed by atoms with Crippen LogP contribution in [0.2, 0.25) is 0 Å². The molecule has 0 aromatic carbocycles. The van der Waals surface area contributed by atoms with Gasteiger partial charge in [-0.1, -0.05) is 77.0 Å². The maximum atomic E-state index is 12.9. The molecule has 6 amide bonds. The zero-order valence-corrected chi connectivity index (χ0v) is 46.6. The second kappa shape index (κ2) is 46.6. The number of carboxylic acids is 1. The number of unbranched alkanes of at least 4 members (excludes halogenated alkanes) is 14. The molecule has 0 spiro atoms. The SMILES string of the molecule is CC(C)(C)OC(=O)NOCCNC(=O)CCC(=O)NCCOCCOCCC(=O)NCCOCCOCCC(=O)NCCCCC(NC(=O)CCCCCCCCCCCCCCCCC(=O)O)C(=O)OC(C)(C)C. The summed E-state index contributed by atoms with van der Waals surface area (Å²) in [6.45, 7) is 13.9. The van der Waals surface area contributed by atoms with Crippen molar-refractivity contribution in [1.82, 2.24) is 32.1 Å². The smallest absolute Gasteiger partial charge is 0.431 e. The molecule has 75 heavy (non-hydrogen) atoms. The minimum atomic E-state index is -0.752. The molecule has 1 unspecified atom stereocenters. The Hall–Kier alpha value is -4.64. The van der Waals surface area contributed by atoms with Crippen LogP contribution in [0.1, 0.15) is 189 Å². The standard InChI is InChI=1S/C53H98N6O16/c1-52(2,3)74-50(67)43(58-48(64)24-19-17-15-13-11-9-7-8-10-12-14-16-18-20-25-49(65)66)23-21-22-30-54-46(62)28-34-69-39-42-72-37-32-56-47(63)29-35-70-40-41-71-36-31-55-44(60)26-27-45(61)57-33-38-73-59-51(68)75-53(4,5)6/h43H,7-42H2,1-6H3,(H,54,62)(H,55,60)(H,56,63)(H,57,61)(H,58,64)(H,59,68)(H,65,66). The highest BCUT2D eigenvalue weighted by atomic mass is 16.7. The van der Waals surface area contributed by atoms with Crippen LogP contribution in [-0.2, 0) is 66.8 Å². The molecule has 0 radical (unpaired) electrons. The molecule has 0 aromatic rings. The van der Waals surface area contributed by atoms with Crippen molar-refractivity contribution in [3.8, 4) is 0 Å². The Labute approximate surface area is 447 Å². The molecule has 0 saturated heterocycles. The summed E-state index contributed by atoms with van der Waals surface area (Å²) in [7, 11) is 0. The van der Waals surface area contributed by atoms with Crippen molar-refractivity contribution in [2.24, 2.45) is 0 Å². The maximum Gasteiger partial charge on any atom is 0.431 e. The molecule has 1 atom stereocenters. The van der Waals surface area contributed by atoms with Gasteiger partial charge in [-0.25, -0.2) is 9.59 Å². The van der Waals surface area contributed by atoms with Crippen LogP contribution in [0.15, 0.2) is 0 Å². The summed E-state index contributed by atoms with van der Waals surface area (Å²) < 4.78 is 32.4. The van der Waals surface area contributed by atoms with Crippen molar-refractivity contribution in [3.05, 3.63) is 0 Å². The Balaban J connectivity index is 3.83. The summed E-state index contributed by atoms with van der Waals surface area (Å²) in [4.78, 5) is 101. The highest BCUT2D eigenvalue weighted by Crippen LogP contribution is 2.15. The summed E-state index contributed by atoms with van der Waals surface area (Å²) in [5, 5.41) is 22.4. The Morgan fingerprint density at radius 2 is 0.773 bits per heavy atom. The minimum absolute atomic E-state index is 0.00261. The van der Waals surface area contributed by atoms with Crippen LogP contribution < -0.4 is 32.1 Å². The number of carboxylic acid groups (broad SMARTS) is 1. The van der Waals surface area contributed by atoms with Gasteiger partial charge < -0.3 is 60.1 Å². The Kier molecular flexibility index (Phi) is 43.8. The van der Waals surface area contributed by atoms with Gasteiger partial charge in [-0.05, 0) is 73.6 Å². The van der Waals surface area contributed by atoms with Crippen LogP contribution in [0.5, 0.6) is 0 Å². The number of hydroxylamine groups is 1. The molecule has 0 aliphatic heterocycles. The first-order valence-electron chi connectivity index (χ1n) is 27.5. The van der Waals surface area contributed by atoms with E-state index in [-0.39, 0.29) is 114 Å². The molecule has 0 aliphatic rings. The van der Waals surface area contributed by atoms with E-state index in [0.717, 1.165) is 44.9 Å². The van der Waals surface area contributed by atoms with E-state index in [1.807, 2.05) is 0 Å². The number of ether oxygens (including phenoxy) is 6. The number of nitrogens with one attached hydrogen (secondary N) is 6. The number of esters is 1. The quantitative estimate of drug-likeness (QED) is 0.0213. The largest absolute Gasteiger partial charge is 0.481 e. The number of carbonyl (C=O) groups excluding carboxylic acids is 7. The van der Waals surface area contributed by atoms with E-state index in [9.17, 15) is 38.4 Å². The van der Waals surface area contributed by atoms with Crippen molar-refractivity contribution in [3.63, 3.8) is 0 Å². The number of amides is 6. The Bertz CT molecular complexity index is 1560. The van der Waals surface area contributed by atoms with Crippen LogP contribution in [0, 0.1) is 0 Å². The molecular formula is C53H98N6O16. The highest BCUT2D eigenvalue weighted by Gasteiger charge is 2.26. The predicted octanol–water partition coefficient (Wildman–Crippen LogP) is 5.86. The van der Waals surface area contributed by atoms with Gasteiger partial charge in [0.15, 0.2) is 0 Å². The number of hydrogen-bond acceptors (Lipinski definition) is 15. The molecule has 0 fully saturated rings. The molecule has 0 aromatic heterocycles. The van der Waals surface area contributed by atoms with Gasteiger partial charge in [0.05, 0.1) is 59.5 Å². The number of aliphatic carboxylic acids is 1. The molecule has 7 N–H and O–H groups in total. The van der Waals surface area contributed by atoms with Gasteiger partial charge in [-0.2, -0.15) is 5.48 Å². The molecule has 0 aliphatic carbocycles. The number of carbonyl (C=O) groups is 8. The average Bonchev–Trinajstić information content (AvgIpc) is 3.32. The van der Waals surface area contributed by atoms with Gasteiger partial charge >= 0.3 is 18.0 Å². The van der Waals surface area contributed by atoms with Crippen molar-refractivity contribution in [1.29, 1.82) is 0 Å². The third kappa shape index (κ3) is 52.6. The zero-order valence-electron chi connectivity index (χ0n) is 46.6. The topological polar surface area (TPSA) is 294 Å². The van der Waals surface area contributed by atoms with E-state index < -0.39 is 35.3 Å². The van der Waals surface area contributed by atoms with Gasteiger partial charge in [0.1, 0.15) is 17.2 Å². The van der Waals surface area contributed by atoms with Crippen LogP contribution in [0.4, 0.5) is 4.79 Å². The molecule has 22 nitrogen and oxygen atoms in total. The fourth-order valence-corrected chi connectivity index (χ4v) is 7.00. The first-order chi connectivity index (χ1) is 35.8.